The fourth-order valence-corrected chi connectivity index (χ4v) is 1.63. The summed E-state index contributed by atoms with van der Waals surface area (Å²) in [5.41, 5.74) is 8.46. The van der Waals surface area contributed by atoms with Crippen molar-refractivity contribution >= 4 is 16.9 Å². The van der Waals surface area contributed by atoms with Crippen molar-refractivity contribution in [3.05, 3.63) is 37.1 Å². The van der Waals surface area contributed by atoms with Gasteiger partial charge in [-0.05, 0) is 12.1 Å². The van der Waals surface area contributed by atoms with Crippen molar-refractivity contribution in [2.75, 3.05) is 5.73 Å². The maximum Gasteiger partial charge on any atom is 0.141 e. The molecule has 0 saturated carbocycles. The molecular formula is C10H9N5. The fraction of sp³-hybridized carbons (Fsp3) is 0. The lowest BCUT2D eigenvalue weighted by Gasteiger charge is -2.01. The number of aromatic nitrogens is 4. The van der Waals surface area contributed by atoms with E-state index in [9.17, 15) is 0 Å². The molecule has 0 aliphatic heterocycles. The van der Waals surface area contributed by atoms with Crippen LogP contribution in [0.2, 0.25) is 0 Å². The maximum atomic E-state index is 5.58. The van der Waals surface area contributed by atoms with Crippen LogP contribution >= 0.6 is 0 Å². The van der Waals surface area contributed by atoms with Gasteiger partial charge in [-0.25, -0.2) is 9.97 Å². The fourth-order valence-electron chi connectivity index (χ4n) is 1.63. The number of hydrogen-bond acceptors (Lipinski definition) is 3. The van der Waals surface area contributed by atoms with E-state index in [-0.39, 0.29) is 0 Å². The normalized spacial score (nSPS) is 10.9. The molecule has 0 aliphatic rings. The van der Waals surface area contributed by atoms with Gasteiger partial charge >= 0.3 is 0 Å². The van der Waals surface area contributed by atoms with Crippen molar-refractivity contribution < 1.29 is 0 Å². The van der Waals surface area contributed by atoms with Crippen LogP contribution in [0.3, 0.4) is 0 Å². The van der Waals surface area contributed by atoms with Gasteiger partial charge < -0.3 is 15.3 Å². The second kappa shape index (κ2) is 2.84. The number of hydrogen-bond donors (Lipinski definition) is 2. The number of para-hydroxylation sites is 1. The summed E-state index contributed by atoms with van der Waals surface area (Å²) in [7, 11) is 0. The molecule has 0 atom stereocenters. The minimum absolute atomic E-state index is 0.502. The van der Waals surface area contributed by atoms with Crippen LogP contribution in [-0.4, -0.2) is 19.5 Å². The summed E-state index contributed by atoms with van der Waals surface area (Å²) in [5.74, 6) is 0.502. The van der Waals surface area contributed by atoms with Crippen LogP contribution < -0.4 is 5.73 Å². The largest absolute Gasteiger partial charge is 0.382 e. The number of imidazole rings is 2. The molecule has 0 spiro atoms. The smallest absolute Gasteiger partial charge is 0.141 e. The van der Waals surface area contributed by atoms with Gasteiger partial charge in [-0.1, -0.05) is 6.07 Å². The van der Waals surface area contributed by atoms with E-state index in [1.54, 1.807) is 18.9 Å². The van der Waals surface area contributed by atoms with Crippen LogP contribution in [0.4, 0.5) is 5.82 Å². The second-order valence-corrected chi connectivity index (χ2v) is 3.28. The predicted octanol–water partition coefficient (Wildman–Crippen LogP) is 1.33. The molecule has 15 heavy (non-hydrogen) atoms. The van der Waals surface area contributed by atoms with Gasteiger partial charge in [0.05, 0.1) is 23.7 Å². The molecular weight excluding hydrogens is 190 g/mol. The highest BCUT2D eigenvalue weighted by Crippen LogP contribution is 2.19. The molecule has 3 rings (SSSR count). The Morgan fingerprint density at radius 1 is 1.27 bits per heavy atom. The Hall–Kier alpha value is -2.30. The highest BCUT2D eigenvalue weighted by atomic mass is 15.1. The minimum Gasteiger partial charge on any atom is -0.382 e. The summed E-state index contributed by atoms with van der Waals surface area (Å²) >= 11 is 0. The van der Waals surface area contributed by atoms with Gasteiger partial charge in [-0.2, -0.15) is 0 Å². The third-order valence-corrected chi connectivity index (χ3v) is 2.31. The van der Waals surface area contributed by atoms with E-state index in [4.69, 9.17) is 5.73 Å². The Morgan fingerprint density at radius 2 is 2.20 bits per heavy atom. The molecule has 5 heteroatoms. The lowest BCUT2D eigenvalue weighted by atomic mass is 10.2. The highest BCUT2D eigenvalue weighted by Gasteiger charge is 2.05. The third-order valence-electron chi connectivity index (χ3n) is 2.31. The molecule has 0 saturated heterocycles. The summed E-state index contributed by atoms with van der Waals surface area (Å²) in [6.07, 6.45) is 5.12. The van der Waals surface area contributed by atoms with Gasteiger partial charge in [0.25, 0.3) is 0 Å². The zero-order valence-electron chi connectivity index (χ0n) is 7.88. The second-order valence-electron chi connectivity index (χ2n) is 3.28. The van der Waals surface area contributed by atoms with Gasteiger partial charge in [0, 0.05) is 0 Å². The SMILES string of the molecule is Nc1cn(-c2cccc3[nH]cnc23)cn1. The first-order chi connectivity index (χ1) is 7.34. The van der Waals surface area contributed by atoms with Gasteiger partial charge in [0.2, 0.25) is 0 Å². The number of rotatable bonds is 1. The molecule has 0 aliphatic carbocycles. The summed E-state index contributed by atoms with van der Waals surface area (Å²) < 4.78 is 1.86. The highest BCUT2D eigenvalue weighted by molar-refractivity contribution is 5.83. The van der Waals surface area contributed by atoms with Crippen LogP contribution in [0.15, 0.2) is 37.1 Å². The number of fused-ring (bicyclic) bond motifs is 1. The van der Waals surface area contributed by atoms with Crippen LogP contribution in [0.5, 0.6) is 0 Å². The summed E-state index contributed by atoms with van der Waals surface area (Å²) in [5, 5.41) is 0. The number of H-pyrrole nitrogens is 1. The van der Waals surface area contributed by atoms with Crippen LogP contribution in [0.1, 0.15) is 0 Å². The van der Waals surface area contributed by atoms with Crippen molar-refractivity contribution in [3.8, 4) is 5.69 Å². The minimum atomic E-state index is 0.502. The molecule has 74 valence electrons. The number of anilines is 1. The van der Waals surface area contributed by atoms with E-state index in [1.807, 2.05) is 22.8 Å². The first kappa shape index (κ1) is 8.05. The van der Waals surface area contributed by atoms with Gasteiger partial charge in [-0.15, -0.1) is 0 Å². The Bertz CT molecular complexity index is 607. The maximum absolute atomic E-state index is 5.58. The number of benzene rings is 1. The Morgan fingerprint density at radius 3 is 3.00 bits per heavy atom. The zero-order chi connectivity index (χ0) is 10.3. The number of nitrogens with one attached hydrogen (secondary N) is 1. The average molecular weight is 199 g/mol. The molecule has 5 nitrogen and oxygen atoms in total. The van der Waals surface area contributed by atoms with Crippen molar-refractivity contribution in [2.24, 2.45) is 0 Å². The molecule has 2 heterocycles. The summed E-state index contributed by atoms with van der Waals surface area (Å²) in [4.78, 5) is 11.3. The van der Waals surface area contributed by atoms with Crippen molar-refractivity contribution in [2.45, 2.75) is 0 Å². The third kappa shape index (κ3) is 1.17. The zero-order valence-corrected chi connectivity index (χ0v) is 7.88. The molecule has 0 amide bonds. The summed E-state index contributed by atoms with van der Waals surface area (Å²) in [6.45, 7) is 0. The number of aromatic amines is 1. The first-order valence-corrected chi connectivity index (χ1v) is 4.56. The van der Waals surface area contributed by atoms with Crippen LogP contribution in [-0.2, 0) is 0 Å². The number of nitrogen functional groups attached to an aromatic ring is 1. The molecule has 3 aromatic rings. The molecule has 0 radical (unpaired) electrons. The Balaban J connectivity index is 2.30. The van der Waals surface area contributed by atoms with Crippen molar-refractivity contribution in [3.63, 3.8) is 0 Å². The van der Waals surface area contributed by atoms with E-state index >= 15 is 0 Å². The average Bonchev–Trinajstić information content (AvgIpc) is 2.84. The van der Waals surface area contributed by atoms with Gasteiger partial charge in [0.15, 0.2) is 0 Å². The Kier molecular flexibility index (Phi) is 1.53. The Labute approximate surface area is 85.6 Å². The topological polar surface area (TPSA) is 72.5 Å². The van der Waals surface area contributed by atoms with Crippen LogP contribution in [0.25, 0.3) is 16.7 Å². The lowest BCUT2D eigenvalue weighted by molar-refractivity contribution is 1.06. The van der Waals surface area contributed by atoms with E-state index in [2.05, 4.69) is 15.0 Å². The predicted molar refractivity (Wildman–Crippen MR) is 57.6 cm³/mol. The van der Waals surface area contributed by atoms with Crippen LogP contribution in [0, 0.1) is 0 Å². The summed E-state index contributed by atoms with van der Waals surface area (Å²) in [6, 6.07) is 5.92. The van der Waals surface area contributed by atoms with Gasteiger partial charge in [0.1, 0.15) is 17.7 Å². The number of nitrogens with zero attached hydrogens (tertiary/aromatic N) is 3. The van der Waals surface area contributed by atoms with Crippen molar-refractivity contribution in [1.82, 2.24) is 19.5 Å². The molecule has 3 N–H and O–H groups in total. The quantitative estimate of drug-likeness (QED) is 0.621. The lowest BCUT2D eigenvalue weighted by Crippen LogP contribution is -1.91. The number of nitrogens with two attached hydrogens (primary N) is 1. The van der Waals surface area contributed by atoms with E-state index in [1.165, 1.54) is 0 Å². The van der Waals surface area contributed by atoms with Gasteiger partial charge in [-0.3, -0.25) is 0 Å². The van der Waals surface area contributed by atoms with E-state index < -0.39 is 0 Å². The van der Waals surface area contributed by atoms with E-state index in [0.29, 0.717) is 5.82 Å². The monoisotopic (exact) mass is 199 g/mol. The molecule has 0 bridgehead atoms. The molecule has 0 unspecified atom stereocenters. The van der Waals surface area contributed by atoms with Crippen molar-refractivity contribution in [1.29, 1.82) is 0 Å². The molecule has 2 aromatic heterocycles. The standard InChI is InChI=1S/C10H9N5/c11-9-4-15(6-14-9)8-3-1-2-7-10(8)13-5-12-7/h1-6H,11H2,(H,12,13). The van der Waals surface area contributed by atoms with E-state index in [0.717, 1.165) is 16.7 Å². The first-order valence-electron chi connectivity index (χ1n) is 4.56. The molecule has 1 aromatic carbocycles. The molecule has 0 fully saturated rings.